The van der Waals surface area contributed by atoms with E-state index < -0.39 is 0 Å². The van der Waals surface area contributed by atoms with E-state index in [0.717, 1.165) is 33.5 Å². The Labute approximate surface area is 332 Å². The normalized spacial score (nSPS) is 12.9. The Bertz CT molecular complexity index is 3190. The minimum Gasteiger partial charge on any atom is -0.228 e. The summed E-state index contributed by atoms with van der Waals surface area (Å²) in [7, 11) is 0. The number of hydrogen-bond donors (Lipinski definition) is 0. The van der Waals surface area contributed by atoms with E-state index in [0.29, 0.717) is 5.82 Å². The van der Waals surface area contributed by atoms with Crippen LogP contribution in [-0.4, -0.2) is 9.97 Å². The van der Waals surface area contributed by atoms with Gasteiger partial charge in [0.1, 0.15) is 0 Å². The predicted octanol–water partition coefficient (Wildman–Crippen LogP) is 14.6. The number of benzene rings is 9. The molecule has 0 aliphatic heterocycles. The maximum atomic E-state index is 5.27. The van der Waals surface area contributed by atoms with Crippen LogP contribution in [0.1, 0.15) is 25.0 Å². The van der Waals surface area contributed by atoms with Crippen molar-refractivity contribution in [3.63, 3.8) is 0 Å². The number of hydrogen-bond acceptors (Lipinski definition) is 2. The highest BCUT2D eigenvalue weighted by Crippen LogP contribution is 2.54. The summed E-state index contributed by atoms with van der Waals surface area (Å²) in [6.07, 6.45) is 0. The summed E-state index contributed by atoms with van der Waals surface area (Å²) in [6, 6.07) is 70.1. The van der Waals surface area contributed by atoms with Crippen LogP contribution in [0.25, 0.3) is 99.6 Å². The molecule has 0 atom stereocenters. The molecule has 1 aliphatic carbocycles. The summed E-state index contributed by atoms with van der Waals surface area (Å²) in [5.41, 5.74) is 15.3. The Morgan fingerprint density at radius 3 is 1.67 bits per heavy atom. The highest BCUT2D eigenvalue weighted by atomic mass is 14.9. The monoisotopic (exact) mass is 726 g/mol. The van der Waals surface area contributed by atoms with Crippen molar-refractivity contribution in [1.82, 2.24) is 9.97 Å². The standard InChI is InChI=1S/C55H38N2/c1-55(2)48-22-12-21-44(52(48)53-43-18-9-8-14-36(43)29-32-49(53)55)38-26-24-37(25-27-38)42-30-31-47(46-20-11-10-19-45(42)46)54-56-50(39-15-4-3-5-16-39)34-51(57-54)41-28-23-35-13-6-7-17-40(35)33-41/h3-34H,1-2H3. The first-order chi connectivity index (χ1) is 28.0. The van der Waals surface area contributed by atoms with Gasteiger partial charge in [0.05, 0.1) is 11.4 Å². The molecule has 268 valence electrons. The van der Waals surface area contributed by atoms with E-state index in [1.54, 1.807) is 0 Å². The fourth-order valence-corrected chi connectivity index (χ4v) is 9.19. The maximum absolute atomic E-state index is 5.27. The molecule has 0 saturated heterocycles. The molecule has 0 bridgehead atoms. The van der Waals surface area contributed by atoms with Gasteiger partial charge in [0.25, 0.3) is 0 Å². The van der Waals surface area contributed by atoms with Crippen LogP contribution in [0.3, 0.4) is 0 Å². The van der Waals surface area contributed by atoms with Gasteiger partial charge in [-0.25, -0.2) is 9.97 Å². The Morgan fingerprint density at radius 1 is 0.333 bits per heavy atom. The molecule has 1 aliphatic rings. The van der Waals surface area contributed by atoms with Crippen molar-refractivity contribution in [3.8, 4) is 67.3 Å². The van der Waals surface area contributed by atoms with Crippen LogP contribution in [-0.2, 0) is 5.41 Å². The molecule has 0 spiro atoms. The summed E-state index contributed by atoms with van der Waals surface area (Å²) < 4.78 is 0. The highest BCUT2D eigenvalue weighted by Gasteiger charge is 2.37. The van der Waals surface area contributed by atoms with Gasteiger partial charge in [-0.15, -0.1) is 0 Å². The van der Waals surface area contributed by atoms with Crippen molar-refractivity contribution in [1.29, 1.82) is 0 Å². The highest BCUT2D eigenvalue weighted by molar-refractivity contribution is 6.07. The number of rotatable bonds is 5. The van der Waals surface area contributed by atoms with Crippen LogP contribution in [0.2, 0.25) is 0 Å². The summed E-state index contributed by atoms with van der Waals surface area (Å²) >= 11 is 0. The molecule has 9 aromatic carbocycles. The Kier molecular flexibility index (Phi) is 7.55. The number of fused-ring (bicyclic) bond motifs is 7. The molecule has 0 amide bonds. The zero-order valence-corrected chi connectivity index (χ0v) is 31.9. The van der Waals surface area contributed by atoms with Crippen LogP contribution in [0.4, 0.5) is 0 Å². The van der Waals surface area contributed by atoms with E-state index in [2.05, 4.69) is 202 Å². The summed E-state index contributed by atoms with van der Waals surface area (Å²) in [6.45, 7) is 4.72. The molecule has 11 rings (SSSR count). The molecule has 1 aromatic heterocycles. The molecule has 57 heavy (non-hydrogen) atoms. The van der Waals surface area contributed by atoms with Gasteiger partial charge in [0.2, 0.25) is 0 Å². The Morgan fingerprint density at radius 2 is 0.895 bits per heavy atom. The van der Waals surface area contributed by atoms with E-state index >= 15 is 0 Å². The zero-order valence-electron chi connectivity index (χ0n) is 31.9. The van der Waals surface area contributed by atoms with Gasteiger partial charge in [-0.05, 0) is 95.0 Å². The second-order valence-electron chi connectivity index (χ2n) is 15.7. The molecule has 0 saturated carbocycles. The minimum absolute atomic E-state index is 0.0775. The fourth-order valence-electron chi connectivity index (χ4n) is 9.19. The average Bonchev–Trinajstić information content (AvgIpc) is 3.52. The van der Waals surface area contributed by atoms with Gasteiger partial charge in [-0.1, -0.05) is 190 Å². The molecule has 0 radical (unpaired) electrons. The van der Waals surface area contributed by atoms with Crippen molar-refractivity contribution in [3.05, 3.63) is 205 Å². The lowest BCUT2D eigenvalue weighted by Gasteiger charge is -2.21. The molecule has 0 fully saturated rings. The molecule has 10 aromatic rings. The molecule has 0 N–H and O–H groups in total. The third kappa shape index (κ3) is 5.40. The smallest absolute Gasteiger partial charge is 0.161 e. The van der Waals surface area contributed by atoms with Crippen molar-refractivity contribution in [2.75, 3.05) is 0 Å². The third-order valence-corrected chi connectivity index (χ3v) is 12.1. The lowest BCUT2D eigenvalue weighted by Crippen LogP contribution is -2.14. The van der Waals surface area contributed by atoms with E-state index in [1.807, 2.05) is 6.07 Å². The van der Waals surface area contributed by atoms with E-state index in [4.69, 9.17) is 9.97 Å². The zero-order chi connectivity index (χ0) is 38.1. The van der Waals surface area contributed by atoms with E-state index in [9.17, 15) is 0 Å². The first kappa shape index (κ1) is 33.2. The molecule has 0 unspecified atom stereocenters. The first-order valence-corrected chi connectivity index (χ1v) is 19.7. The molecule has 2 nitrogen and oxygen atoms in total. The summed E-state index contributed by atoms with van der Waals surface area (Å²) in [5, 5.41) is 7.30. The lowest BCUT2D eigenvalue weighted by molar-refractivity contribution is 0.661. The maximum Gasteiger partial charge on any atom is 0.161 e. The van der Waals surface area contributed by atoms with E-state index in [-0.39, 0.29) is 5.41 Å². The largest absolute Gasteiger partial charge is 0.228 e. The SMILES string of the molecule is CC1(C)c2cccc(-c3ccc(-c4ccc(-c5nc(-c6ccccc6)cc(-c6ccc7ccccc7c6)n5)c5ccccc45)cc3)c2-c2c1ccc1ccccc21. The van der Waals surface area contributed by atoms with Crippen LogP contribution < -0.4 is 0 Å². The number of nitrogens with zero attached hydrogens (tertiary/aromatic N) is 2. The average molecular weight is 727 g/mol. The second-order valence-corrected chi connectivity index (χ2v) is 15.7. The van der Waals surface area contributed by atoms with E-state index in [1.165, 1.54) is 71.4 Å². The van der Waals surface area contributed by atoms with Crippen molar-refractivity contribution < 1.29 is 0 Å². The van der Waals surface area contributed by atoms with Gasteiger partial charge in [-0.2, -0.15) is 0 Å². The summed E-state index contributed by atoms with van der Waals surface area (Å²) in [5.74, 6) is 0.714. The third-order valence-electron chi connectivity index (χ3n) is 12.1. The van der Waals surface area contributed by atoms with Crippen LogP contribution in [0.15, 0.2) is 194 Å². The number of aromatic nitrogens is 2. The molecular weight excluding hydrogens is 689 g/mol. The fraction of sp³-hybridized carbons (Fsp3) is 0.0545. The van der Waals surface area contributed by atoms with Crippen LogP contribution in [0, 0.1) is 0 Å². The van der Waals surface area contributed by atoms with Crippen molar-refractivity contribution in [2.24, 2.45) is 0 Å². The lowest BCUT2D eigenvalue weighted by atomic mass is 9.81. The molecule has 1 heterocycles. The Balaban J connectivity index is 1.02. The van der Waals surface area contributed by atoms with Gasteiger partial charge < -0.3 is 0 Å². The first-order valence-electron chi connectivity index (χ1n) is 19.7. The van der Waals surface area contributed by atoms with Crippen LogP contribution >= 0.6 is 0 Å². The Hall–Kier alpha value is -7.16. The van der Waals surface area contributed by atoms with Gasteiger partial charge >= 0.3 is 0 Å². The topological polar surface area (TPSA) is 25.8 Å². The van der Waals surface area contributed by atoms with Gasteiger partial charge in [-0.3, -0.25) is 0 Å². The molecular formula is C55H38N2. The van der Waals surface area contributed by atoms with Crippen molar-refractivity contribution >= 4 is 32.3 Å². The minimum atomic E-state index is -0.0775. The second kappa shape index (κ2) is 13.0. The summed E-state index contributed by atoms with van der Waals surface area (Å²) in [4.78, 5) is 10.5. The molecule has 2 heteroatoms. The predicted molar refractivity (Wildman–Crippen MR) is 239 cm³/mol. The quantitative estimate of drug-likeness (QED) is 0.176. The van der Waals surface area contributed by atoms with Crippen LogP contribution in [0.5, 0.6) is 0 Å². The van der Waals surface area contributed by atoms with Gasteiger partial charge in [0.15, 0.2) is 5.82 Å². The van der Waals surface area contributed by atoms with Crippen molar-refractivity contribution in [2.45, 2.75) is 19.3 Å². The van der Waals surface area contributed by atoms with Gasteiger partial charge in [0, 0.05) is 22.1 Å².